The predicted molar refractivity (Wildman–Crippen MR) is 94.4 cm³/mol. The summed E-state index contributed by atoms with van der Waals surface area (Å²) < 4.78 is 9.30. The van der Waals surface area contributed by atoms with Crippen LogP contribution in [0.2, 0.25) is 0 Å². The van der Waals surface area contributed by atoms with E-state index in [1.807, 2.05) is 43.1 Å². The third kappa shape index (κ3) is 3.48. The average Bonchev–Trinajstić information content (AvgIpc) is 3.25. The van der Waals surface area contributed by atoms with E-state index in [1.165, 1.54) is 5.56 Å². The van der Waals surface area contributed by atoms with Gasteiger partial charge < -0.3 is 14.3 Å². The van der Waals surface area contributed by atoms with Crippen LogP contribution in [0.3, 0.4) is 0 Å². The van der Waals surface area contributed by atoms with Gasteiger partial charge in [0.1, 0.15) is 12.1 Å². The highest BCUT2D eigenvalue weighted by molar-refractivity contribution is 5.98. The maximum absolute atomic E-state index is 5.22. The normalized spacial score (nSPS) is 11.5. The van der Waals surface area contributed by atoms with Crippen LogP contribution in [-0.4, -0.2) is 46.2 Å². The monoisotopic (exact) mass is 323 g/mol. The van der Waals surface area contributed by atoms with Crippen LogP contribution in [-0.2, 0) is 6.54 Å². The molecule has 2 heterocycles. The lowest BCUT2D eigenvalue weighted by atomic mass is 10.2. The summed E-state index contributed by atoms with van der Waals surface area (Å²) in [4.78, 5) is 4.13. The topological polar surface area (TPSA) is 47.6 Å². The number of benzene rings is 1. The minimum absolute atomic E-state index is 0.757. The molecule has 0 amide bonds. The highest BCUT2D eigenvalue weighted by Crippen LogP contribution is 2.15. The molecule has 0 saturated heterocycles. The Hall–Kier alpha value is -3.02. The first kappa shape index (κ1) is 15.9. The van der Waals surface area contributed by atoms with Crippen LogP contribution in [0.25, 0.3) is 0 Å². The summed E-state index contributed by atoms with van der Waals surface area (Å²) in [6.45, 7) is 0.757. The number of hydrogen-bond acceptors (Lipinski definition) is 4. The third-order valence-electron chi connectivity index (χ3n) is 3.61. The number of nitrogens with zero attached hydrogens (tertiary/aromatic N) is 5. The Morgan fingerprint density at radius 2 is 1.96 bits per heavy atom. The van der Waals surface area contributed by atoms with Crippen molar-refractivity contribution in [2.75, 3.05) is 21.2 Å². The first-order valence-electron chi connectivity index (χ1n) is 7.70. The van der Waals surface area contributed by atoms with E-state index < -0.39 is 0 Å². The number of rotatable bonds is 5. The van der Waals surface area contributed by atoms with Crippen LogP contribution in [0.1, 0.15) is 11.3 Å². The highest BCUT2D eigenvalue weighted by Gasteiger charge is 2.12. The Labute approximate surface area is 141 Å². The van der Waals surface area contributed by atoms with Gasteiger partial charge in [0, 0.05) is 39.2 Å². The van der Waals surface area contributed by atoms with Crippen LogP contribution in [0.5, 0.6) is 5.75 Å². The lowest BCUT2D eigenvalue weighted by Gasteiger charge is -2.15. The van der Waals surface area contributed by atoms with Gasteiger partial charge in [0.2, 0.25) is 0 Å². The summed E-state index contributed by atoms with van der Waals surface area (Å²) >= 11 is 0. The van der Waals surface area contributed by atoms with E-state index in [4.69, 9.17) is 4.74 Å². The van der Waals surface area contributed by atoms with E-state index in [0.717, 1.165) is 23.8 Å². The van der Waals surface area contributed by atoms with Crippen molar-refractivity contribution in [1.82, 2.24) is 19.1 Å². The van der Waals surface area contributed by atoms with Crippen molar-refractivity contribution in [3.8, 4) is 5.75 Å². The Morgan fingerprint density at radius 3 is 2.58 bits per heavy atom. The Morgan fingerprint density at radius 1 is 1.17 bits per heavy atom. The van der Waals surface area contributed by atoms with Crippen molar-refractivity contribution in [2.45, 2.75) is 6.54 Å². The predicted octanol–water partition coefficient (Wildman–Crippen LogP) is 2.51. The third-order valence-corrected chi connectivity index (χ3v) is 3.61. The zero-order valence-electron chi connectivity index (χ0n) is 14.1. The maximum atomic E-state index is 5.22. The first-order valence-corrected chi connectivity index (χ1v) is 7.70. The van der Waals surface area contributed by atoms with E-state index in [-0.39, 0.29) is 0 Å². The highest BCUT2D eigenvalue weighted by atomic mass is 16.5. The molecular formula is C18H21N5O. The second-order valence-electron chi connectivity index (χ2n) is 5.61. The average molecular weight is 323 g/mol. The number of aromatic nitrogens is 3. The molecule has 0 radical (unpaired) electrons. The molecule has 2 aromatic heterocycles. The first-order chi connectivity index (χ1) is 11.7. The van der Waals surface area contributed by atoms with E-state index in [9.17, 15) is 0 Å². The molecule has 1 aromatic carbocycles. The van der Waals surface area contributed by atoms with Gasteiger partial charge in [0.25, 0.3) is 0 Å². The number of hydrogen-bond donors (Lipinski definition) is 0. The summed E-state index contributed by atoms with van der Waals surface area (Å²) in [6.07, 6.45) is 7.46. The molecule has 3 aromatic rings. The van der Waals surface area contributed by atoms with Crippen LogP contribution in [0, 0.1) is 0 Å². The van der Waals surface area contributed by atoms with Crippen molar-refractivity contribution in [2.24, 2.45) is 5.10 Å². The zero-order valence-corrected chi connectivity index (χ0v) is 14.1. The number of imidazole rings is 1. The fourth-order valence-electron chi connectivity index (χ4n) is 2.49. The Kier molecular flexibility index (Phi) is 4.65. The SMILES string of the molecule is COc1ccc(Cn2cccc2C(=NN(C)C)n2ccnc2)cc1. The van der Waals surface area contributed by atoms with Gasteiger partial charge in [-0.2, -0.15) is 5.10 Å². The largest absolute Gasteiger partial charge is 0.497 e. The molecule has 6 nitrogen and oxygen atoms in total. The molecule has 0 spiro atoms. The molecule has 0 fully saturated rings. The van der Waals surface area contributed by atoms with Crippen LogP contribution in [0.4, 0.5) is 0 Å². The molecule has 0 aliphatic heterocycles. The fourth-order valence-corrected chi connectivity index (χ4v) is 2.49. The van der Waals surface area contributed by atoms with Crippen molar-refractivity contribution in [1.29, 1.82) is 0 Å². The van der Waals surface area contributed by atoms with Crippen molar-refractivity contribution in [3.63, 3.8) is 0 Å². The second kappa shape index (κ2) is 7.04. The molecule has 0 bridgehead atoms. The second-order valence-corrected chi connectivity index (χ2v) is 5.61. The molecule has 0 saturated carbocycles. The van der Waals surface area contributed by atoms with Gasteiger partial charge in [-0.1, -0.05) is 12.1 Å². The zero-order chi connectivity index (χ0) is 16.9. The summed E-state index contributed by atoms with van der Waals surface area (Å²) in [5, 5.41) is 6.42. The molecule has 3 rings (SSSR count). The van der Waals surface area contributed by atoms with Gasteiger partial charge in [0.15, 0.2) is 5.84 Å². The molecule has 24 heavy (non-hydrogen) atoms. The van der Waals surface area contributed by atoms with Crippen molar-refractivity contribution >= 4 is 5.84 Å². The van der Waals surface area contributed by atoms with Crippen molar-refractivity contribution < 1.29 is 4.74 Å². The molecule has 0 N–H and O–H groups in total. The summed E-state index contributed by atoms with van der Waals surface area (Å²) in [5.41, 5.74) is 2.22. The summed E-state index contributed by atoms with van der Waals surface area (Å²) in [7, 11) is 5.50. The molecule has 0 atom stereocenters. The van der Waals surface area contributed by atoms with Crippen LogP contribution in [0.15, 0.2) is 66.4 Å². The van der Waals surface area contributed by atoms with Gasteiger partial charge >= 0.3 is 0 Å². The molecule has 6 heteroatoms. The van der Waals surface area contributed by atoms with E-state index in [1.54, 1.807) is 24.6 Å². The van der Waals surface area contributed by atoms with Gasteiger partial charge in [-0.05, 0) is 29.8 Å². The fraction of sp³-hybridized carbons (Fsp3) is 0.222. The molecule has 124 valence electrons. The lowest BCUT2D eigenvalue weighted by molar-refractivity contribution is 0.414. The molecule has 0 aliphatic carbocycles. The minimum atomic E-state index is 0.757. The smallest absolute Gasteiger partial charge is 0.181 e. The van der Waals surface area contributed by atoms with Gasteiger partial charge in [-0.25, -0.2) is 4.98 Å². The number of hydrazone groups is 1. The Balaban J connectivity index is 1.93. The quantitative estimate of drug-likeness (QED) is 0.412. The van der Waals surface area contributed by atoms with Crippen LogP contribution >= 0.6 is 0 Å². The maximum Gasteiger partial charge on any atom is 0.181 e. The molecule has 0 unspecified atom stereocenters. The summed E-state index contributed by atoms with van der Waals surface area (Å²) in [6, 6.07) is 12.2. The van der Waals surface area contributed by atoms with Gasteiger partial charge in [0.05, 0.1) is 12.8 Å². The number of methoxy groups -OCH3 is 1. The van der Waals surface area contributed by atoms with Crippen molar-refractivity contribution in [3.05, 3.63) is 72.6 Å². The standard InChI is InChI=1S/C18H21N5O/c1-21(2)20-18(23-12-10-19-14-23)17-5-4-11-22(17)13-15-6-8-16(24-3)9-7-15/h4-12,14H,13H2,1-3H3. The summed E-state index contributed by atoms with van der Waals surface area (Å²) in [5.74, 6) is 1.69. The van der Waals surface area contributed by atoms with E-state index in [2.05, 4.69) is 39.0 Å². The minimum Gasteiger partial charge on any atom is -0.497 e. The van der Waals surface area contributed by atoms with Gasteiger partial charge in [-0.3, -0.25) is 4.57 Å². The molecular weight excluding hydrogens is 302 g/mol. The number of ether oxygens (including phenoxy) is 1. The molecule has 0 aliphatic rings. The Bertz CT molecular complexity index is 800. The van der Waals surface area contributed by atoms with E-state index in [0.29, 0.717) is 0 Å². The van der Waals surface area contributed by atoms with Crippen LogP contribution < -0.4 is 4.74 Å². The lowest BCUT2D eigenvalue weighted by Crippen LogP contribution is -2.20. The van der Waals surface area contributed by atoms with E-state index >= 15 is 0 Å². The van der Waals surface area contributed by atoms with Gasteiger partial charge in [-0.15, -0.1) is 0 Å².